The summed E-state index contributed by atoms with van der Waals surface area (Å²) in [5.74, 6) is 0.144. The van der Waals surface area contributed by atoms with Gasteiger partial charge in [-0.1, -0.05) is 13.8 Å². The maximum atomic E-state index is 11.6. The molecule has 1 aromatic rings. The van der Waals surface area contributed by atoms with E-state index >= 15 is 0 Å². The van der Waals surface area contributed by atoms with E-state index in [1.165, 1.54) is 11.3 Å². The third kappa shape index (κ3) is 4.23. The van der Waals surface area contributed by atoms with Gasteiger partial charge in [0.25, 0.3) is 5.91 Å². The lowest BCUT2D eigenvalue weighted by Crippen LogP contribution is -2.28. The molecule has 1 rings (SSSR count). The first kappa shape index (κ1) is 13.7. The Morgan fingerprint density at radius 2 is 2.31 bits per heavy atom. The molecule has 16 heavy (non-hydrogen) atoms. The third-order valence-electron chi connectivity index (χ3n) is 2.32. The smallest absolute Gasteiger partial charge is 0.252 e. The molecule has 1 atom stereocenters. The largest absolute Gasteiger partial charge is 0.393 e. The molecule has 90 valence electrons. The number of aliphatic hydroxyl groups excluding tert-OH is 1. The van der Waals surface area contributed by atoms with E-state index < -0.39 is 0 Å². The van der Waals surface area contributed by atoms with Crippen LogP contribution in [-0.2, 0) is 0 Å². The Balaban J connectivity index is 2.31. The monoisotopic (exact) mass is 305 g/mol. The molecule has 0 aliphatic rings. The van der Waals surface area contributed by atoms with Crippen LogP contribution < -0.4 is 5.32 Å². The van der Waals surface area contributed by atoms with Gasteiger partial charge in [0.2, 0.25) is 0 Å². The van der Waals surface area contributed by atoms with Gasteiger partial charge in [0.1, 0.15) is 0 Å². The molecular weight excluding hydrogens is 290 g/mol. The van der Waals surface area contributed by atoms with Crippen molar-refractivity contribution in [3.8, 4) is 0 Å². The zero-order valence-corrected chi connectivity index (χ0v) is 11.8. The van der Waals surface area contributed by atoms with Gasteiger partial charge in [-0.05, 0) is 34.3 Å². The number of carbonyl (C=O) groups is 1. The van der Waals surface area contributed by atoms with Crippen molar-refractivity contribution in [2.24, 2.45) is 5.92 Å². The van der Waals surface area contributed by atoms with E-state index in [-0.39, 0.29) is 17.9 Å². The minimum atomic E-state index is -0.352. The Morgan fingerprint density at radius 1 is 1.62 bits per heavy atom. The summed E-state index contributed by atoms with van der Waals surface area (Å²) in [7, 11) is 0. The molecule has 0 aromatic carbocycles. The first-order valence-corrected chi connectivity index (χ1v) is 6.88. The number of carbonyl (C=O) groups excluding carboxylic acids is 1. The predicted molar refractivity (Wildman–Crippen MR) is 69.8 cm³/mol. The van der Waals surface area contributed by atoms with E-state index in [4.69, 9.17) is 0 Å². The summed E-state index contributed by atoms with van der Waals surface area (Å²) in [5.41, 5.74) is 0.663. The highest BCUT2D eigenvalue weighted by atomic mass is 79.9. The number of hydrogen-bond donors (Lipinski definition) is 2. The zero-order valence-electron chi connectivity index (χ0n) is 9.37. The number of rotatable bonds is 5. The van der Waals surface area contributed by atoms with Crippen molar-refractivity contribution in [2.45, 2.75) is 26.4 Å². The van der Waals surface area contributed by atoms with Crippen molar-refractivity contribution < 1.29 is 9.90 Å². The van der Waals surface area contributed by atoms with Crippen LogP contribution in [0.5, 0.6) is 0 Å². The molecule has 0 spiro atoms. The topological polar surface area (TPSA) is 49.3 Å². The van der Waals surface area contributed by atoms with E-state index in [0.717, 1.165) is 3.79 Å². The average Bonchev–Trinajstić information content (AvgIpc) is 2.64. The van der Waals surface area contributed by atoms with Crippen LogP contribution >= 0.6 is 27.3 Å². The molecule has 0 bridgehead atoms. The van der Waals surface area contributed by atoms with Gasteiger partial charge in [0.15, 0.2) is 0 Å². The number of hydrogen-bond acceptors (Lipinski definition) is 3. The van der Waals surface area contributed by atoms with Crippen molar-refractivity contribution in [3.63, 3.8) is 0 Å². The van der Waals surface area contributed by atoms with Gasteiger partial charge in [-0.15, -0.1) is 11.3 Å². The normalized spacial score (nSPS) is 12.8. The van der Waals surface area contributed by atoms with Crippen LogP contribution in [-0.4, -0.2) is 23.7 Å². The third-order valence-corrected chi connectivity index (χ3v) is 3.83. The van der Waals surface area contributed by atoms with Crippen LogP contribution in [0.25, 0.3) is 0 Å². The van der Waals surface area contributed by atoms with Crippen molar-refractivity contribution in [1.82, 2.24) is 5.32 Å². The standard InChI is InChI=1S/C11H16BrNO2S/c1-7(2)9(14)3-4-13-11(15)8-5-10(12)16-6-8/h5-7,9,14H,3-4H2,1-2H3,(H,13,15). The highest BCUT2D eigenvalue weighted by molar-refractivity contribution is 9.11. The average molecular weight is 306 g/mol. The van der Waals surface area contributed by atoms with Gasteiger partial charge < -0.3 is 10.4 Å². The highest BCUT2D eigenvalue weighted by Gasteiger charge is 2.11. The number of aliphatic hydroxyl groups is 1. The number of nitrogens with one attached hydrogen (secondary N) is 1. The Bertz CT molecular complexity index is 352. The van der Waals surface area contributed by atoms with Crippen LogP contribution in [0.3, 0.4) is 0 Å². The minimum absolute atomic E-state index is 0.0853. The fourth-order valence-corrected chi connectivity index (χ4v) is 2.33. The van der Waals surface area contributed by atoms with E-state index in [0.29, 0.717) is 18.5 Å². The molecule has 0 saturated carbocycles. The van der Waals surface area contributed by atoms with Crippen molar-refractivity contribution >= 4 is 33.2 Å². The molecule has 2 N–H and O–H groups in total. The quantitative estimate of drug-likeness (QED) is 0.878. The Labute approximate surface area is 108 Å². The molecule has 0 aliphatic heterocycles. The predicted octanol–water partition coefficient (Wildman–Crippen LogP) is 2.65. The molecule has 5 heteroatoms. The summed E-state index contributed by atoms with van der Waals surface area (Å²) in [6.07, 6.45) is 0.240. The lowest BCUT2D eigenvalue weighted by molar-refractivity contribution is 0.0920. The summed E-state index contributed by atoms with van der Waals surface area (Å²) in [4.78, 5) is 11.6. The van der Waals surface area contributed by atoms with Gasteiger partial charge in [0.05, 0.1) is 15.5 Å². The zero-order chi connectivity index (χ0) is 12.1. The molecule has 1 amide bonds. The number of amides is 1. The Kier molecular flexibility index (Phi) is 5.44. The van der Waals surface area contributed by atoms with Gasteiger partial charge >= 0.3 is 0 Å². The minimum Gasteiger partial charge on any atom is -0.393 e. The Morgan fingerprint density at radius 3 is 2.81 bits per heavy atom. The molecule has 1 unspecified atom stereocenters. The van der Waals surface area contributed by atoms with E-state index in [1.54, 1.807) is 11.4 Å². The first-order valence-electron chi connectivity index (χ1n) is 5.21. The van der Waals surface area contributed by atoms with Gasteiger partial charge in [-0.2, -0.15) is 0 Å². The number of thiophene rings is 1. The van der Waals surface area contributed by atoms with Crippen LogP contribution in [0.15, 0.2) is 15.2 Å². The van der Waals surface area contributed by atoms with Crippen LogP contribution in [0, 0.1) is 5.92 Å². The first-order chi connectivity index (χ1) is 7.50. The summed E-state index contributed by atoms with van der Waals surface area (Å²) < 4.78 is 0.944. The molecule has 3 nitrogen and oxygen atoms in total. The molecule has 1 heterocycles. The lowest BCUT2D eigenvalue weighted by Gasteiger charge is -2.14. The van der Waals surface area contributed by atoms with E-state index in [9.17, 15) is 9.90 Å². The second-order valence-corrected chi connectivity index (χ2v) is 6.29. The fraction of sp³-hybridized carbons (Fsp3) is 0.545. The van der Waals surface area contributed by atoms with Crippen molar-refractivity contribution in [3.05, 3.63) is 20.8 Å². The highest BCUT2D eigenvalue weighted by Crippen LogP contribution is 2.20. The molecule has 0 aliphatic carbocycles. The maximum absolute atomic E-state index is 11.6. The molecule has 0 fully saturated rings. The Hall–Kier alpha value is -0.390. The summed E-state index contributed by atoms with van der Waals surface area (Å²) >= 11 is 4.79. The summed E-state index contributed by atoms with van der Waals surface area (Å²) in [5, 5.41) is 14.1. The van der Waals surface area contributed by atoms with Gasteiger partial charge in [-0.3, -0.25) is 4.79 Å². The number of halogens is 1. The van der Waals surface area contributed by atoms with E-state index in [1.807, 2.05) is 13.8 Å². The van der Waals surface area contributed by atoms with E-state index in [2.05, 4.69) is 21.2 Å². The van der Waals surface area contributed by atoms with Crippen molar-refractivity contribution in [1.29, 1.82) is 0 Å². The SMILES string of the molecule is CC(C)C(O)CCNC(=O)c1csc(Br)c1. The molecule has 0 radical (unpaired) electrons. The van der Waals surface area contributed by atoms with Crippen LogP contribution in [0.1, 0.15) is 30.6 Å². The van der Waals surface area contributed by atoms with Crippen molar-refractivity contribution in [2.75, 3.05) is 6.54 Å². The lowest BCUT2D eigenvalue weighted by atomic mass is 10.0. The fourth-order valence-electron chi connectivity index (χ4n) is 1.20. The van der Waals surface area contributed by atoms with Crippen LogP contribution in [0.2, 0.25) is 0 Å². The molecule has 1 aromatic heterocycles. The summed E-state index contributed by atoms with van der Waals surface area (Å²) in [6.45, 7) is 4.43. The van der Waals surface area contributed by atoms with Gasteiger partial charge in [0, 0.05) is 11.9 Å². The summed E-state index contributed by atoms with van der Waals surface area (Å²) in [6, 6.07) is 1.79. The van der Waals surface area contributed by atoms with Crippen LogP contribution in [0.4, 0.5) is 0 Å². The maximum Gasteiger partial charge on any atom is 0.252 e. The second kappa shape index (κ2) is 6.37. The van der Waals surface area contributed by atoms with Gasteiger partial charge in [-0.25, -0.2) is 0 Å². The molecule has 0 saturated heterocycles. The second-order valence-electron chi connectivity index (χ2n) is 4.00. The molecular formula is C11H16BrNO2S.